The second-order valence-corrected chi connectivity index (χ2v) is 4.67. The van der Waals surface area contributed by atoms with E-state index in [1.54, 1.807) is 6.92 Å². The Kier molecular flexibility index (Phi) is 5.59. The average Bonchev–Trinajstić information content (AvgIpc) is 2.78. The molecule has 0 saturated heterocycles. The van der Waals surface area contributed by atoms with Crippen LogP contribution in [0, 0.1) is 0 Å². The van der Waals surface area contributed by atoms with Crippen molar-refractivity contribution in [2.24, 2.45) is 0 Å². The van der Waals surface area contributed by atoms with Crippen molar-refractivity contribution in [2.45, 2.75) is 44.6 Å². The van der Waals surface area contributed by atoms with Gasteiger partial charge in [-0.3, -0.25) is 9.59 Å². The van der Waals surface area contributed by atoms with Crippen LogP contribution in [0.5, 0.6) is 0 Å². The summed E-state index contributed by atoms with van der Waals surface area (Å²) >= 11 is 0. The highest BCUT2D eigenvalue weighted by Crippen LogP contribution is 2.29. The van der Waals surface area contributed by atoms with Crippen molar-refractivity contribution in [3.05, 3.63) is 0 Å². The Balaban J connectivity index is 2.57. The molecule has 7 nitrogen and oxygen atoms in total. The van der Waals surface area contributed by atoms with Crippen LogP contribution in [-0.2, 0) is 9.59 Å². The second kappa shape index (κ2) is 6.96. The minimum Gasteiger partial charge on any atom is -0.481 e. The van der Waals surface area contributed by atoms with E-state index in [4.69, 9.17) is 5.11 Å². The fraction of sp³-hybridized carbons (Fsp3) is 0.750. The van der Waals surface area contributed by atoms with E-state index in [1.807, 2.05) is 0 Å². The lowest BCUT2D eigenvalue weighted by Crippen LogP contribution is -2.59. The minimum absolute atomic E-state index is 0.0764. The number of urea groups is 1. The summed E-state index contributed by atoms with van der Waals surface area (Å²) in [5.41, 5.74) is -0.891. The zero-order chi connectivity index (χ0) is 14.3. The number of hydrogen-bond acceptors (Lipinski definition) is 3. The molecular formula is C12H21N3O4. The molecular weight excluding hydrogens is 250 g/mol. The summed E-state index contributed by atoms with van der Waals surface area (Å²) in [5, 5.41) is 16.4. The summed E-state index contributed by atoms with van der Waals surface area (Å²) in [6.07, 6.45) is 2.80. The van der Waals surface area contributed by atoms with Crippen molar-refractivity contribution in [1.82, 2.24) is 16.0 Å². The number of hydrogen-bond donors (Lipinski definition) is 4. The molecule has 0 spiro atoms. The molecule has 0 unspecified atom stereocenters. The Bertz CT molecular complexity index is 351. The van der Waals surface area contributed by atoms with Crippen LogP contribution in [0.1, 0.15) is 39.0 Å². The number of rotatable bonds is 6. The van der Waals surface area contributed by atoms with E-state index in [9.17, 15) is 14.4 Å². The van der Waals surface area contributed by atoms with Gasteiger partial charge in [0.2, 0.25) is 5.91 Å². The van der Waals surface area contributed by atoms with Gasteiger partial charge < -0.3 is 21.1 Å². The van der Waals surface area contributed by atoms with Crippen LogP contribution in [0.15, 0.2) is 0 Å². The summed E-state index contributed by atoms with van der Waals surface area (Å²) in [6.45, 7) is 2.36. The first-order chi connectivity index (χ1) is 9.00. The molecule has 0 aromatic heterocycles. The largest absolute Gasteiger partial charge is 0.481 e. The molecule has 1 aliphatic carbocycles. The van der Waals surface area contributed by atoms with Crippen LogP contribution in [0.3, 0.4) is 0 Å². The lowest BCUT2D eigenvalue weighted by Gasteiger charge is -2.28. The maximum Gasteiger partial charge on any atom is 0.315 e. The van der Waals surface area contributed by atoms with Crippen molar-refractivity contribution >= 4 is 17.9 Å². The zero-order valence-electron chi connectivity index (χ0n) is 11.1. The minimum atomic E-state index is -0.961. The molecule has 0 heterocycles. The number of carboxylic acids is 1. The fourth-order valence-electron chi connectivity index (χ4n) is 2.26. The molecule has 7 heteroatoms. The lowest BCUT2D eigenvalue weighted by atomic mass is 9.96. The first kappa shape index (κ1) is 15.3. The monoisotopic (exact) mass is 271 g/mol. The molecule has 1 aliphatic rings. The molecule has 4 N–H and O–H groups in total. The Morgan fingerprint density at radius 1 is 1.16 bits per heavy atom. The van der Waals surface area contributed by atoms with Gasteiger partial charge in [-0.25, -0.2) is 4.79 Å². The first-order valence-corrected chi connectivity index (χ1v) is 6.56. The van der Waals surface area contributed by atoms with Gasteiger partial charge in [-0.1, -0.05) is 12.8 Å². The van der Waals surface area contributed by atoms with Gasteiger partial charge in [0.25, 0.3) is 0 Å². The molecule has 1 saturated carbocycles. The van der Waals surface area contributed by atoms with E-state index in [0.717, 1.165) is 12.8 Å². The number of aliphatic carboxylic acids is 1. The zero-order valence-corrected chi connectivity index (χ0v) is 11.1. The standard InChI is InChI=1S/C12H21N3O4/c1-2-13-11(19)15-12(6-3-4-7-12)10(18)14-8-5-9(16)17/h2-8H2,1H3,(H,14,18)(H,16,17)(H2,13,15,19). The molecule has 19 heavy (non-hydrogen) atoms. The maximum absolute atomic E-state index is 12.1. The number of amides is 3. The normalized spacial score (nSPS) is 16.7. The van der Waals surface area contributed by atoms with Gasteiger partial charge >= 0.3 is 12.0 Å². The average molecular weight is 271 g/mol. The molecule has 0 aromatic rings. The van der Waals surface area contributed by atoms with Gasteiger partial charge in [-0.2, -0.15) is 0 Å². The predicted octanol–water partition coefficient (Wildman–Crippen LogP) is 0.209. The van der Waals surface area contributed by atoms with Crippen LogP contribution in [0.4, 0.5) is 4.79 Å². The number of carbonyl (C=O) groups excluding carboxylic acids is 2. The van der Waals surface area contributed by atoms with Crippen LogP contribution in [-0.4, -0.2) is 41.6 Å². The molecule has 0 aliphatic heterocycles. The van der Waals surface area contributed by atoms with Gasteiger partial charge in [0.15, 0.2) is 0 Å². The highest BCUT2D eigenvalue weighted by Gasteiger charge is 2.42. The van der Waals surface area contributed by atoms with E-state index in [-0.39, 0.29) is 24.9 Å². The Morgan fingerprint density at radius 2 is 1.79 bits per heavy atom. The fourth-order valence-corrected chi connectivity index (χ4v) is 2.26. The Hall–Kier alpha value is -1.79. The van der Waals surface area contributed by atoms with Gasteiger partial charge in [0.1, 0.15) is 5.54 Å². The molecule has 1 fully saturated rings. The quantitative estimate of drug-likeness (QED) is 0.554. The van der Waals surface area contributed by atoms with Crippen LogP contribution >= 0.6 is 0 Å². The van der Waals surface area contributed by atoms with Crippen molar-refractivity contribution in [3.63, 3.8) is 0 Å². The van der Waals surface area contributed by atoms with E-state index in [1.165, 1.54) is 0 Å². The third-order valence-electron chi connectivity index (χ3n) is 3.21. The summed E-state index contributed by atoms with van der Waals surface area (Å²) in [5.74, 6) is -1.25. The van der Waals surface area contributed by atoms with Gasteiger partial charge in [-0.15, -0.1) is 0 Å². The van der Waals surface area contributed by atoms with E-state index < -0.39 is 11.5 Å². The van der Waals surface area contributed by atoms with Gasteiger partial charge in [-0.05, 0) is 19.8 Å². The molecule has 0 aromatic carbocycles. The van der Waals surface area contributed by atoms with Crippen molar-refractivity contribution in [2.75, 3.05) is 13.1 Å². The third kappa shape index (κ3) is 4.42. The smallest absolute Gasteiger partial charge is 0.315 e. The van der Waals surface area contributed by atoms with Crippen LogP contribution in [0.2, 0.25) is 0 Å². The van der Waals surface area contributed by atoms with Crippen molar-refractivity contribution in [1.29, 1.82) is 0 Å². The third-order valence-corrected chi connectivity index (χ3v) is 3.21. The van der Waals surface area contributed by atoms with E-state index in [0.29, 0.717) is 19.4 Å². The highest BCUT2D eigenvalue weighted by atomic mass is 16.4. The van der Waals surface area contributed by atoms with Crippen LogP contribution in [0.25, 0.3) is 0 Å². The molecule has 3 amide bonds. The molecule has 0 radical (unpaired) electrons. The molecule has 0 atom stereocenters. The molecule has 1 rings (SSSR count). The SMILES string of the molecule is CCNC(=O)NC1(C(=O)NCCC(=O)O)CCCC1. The summed E-state index contributed by atoms with van der Waals surface area (Å²) in [7, 11) is 0. The van der Waals surface area contributed by atoms with E-state index in [2.05, 4.69) is 16.0 Å². The van der Waals surface area contributed by atoms with Crippen molar-refractivity contribution < 1.29 is 19.5 Å². The topological polar surface area (TPSA) is 108 Å². The number of carbonyl (C=O) groups is 3. The van der Waals surface area contributed by atoms with Gasteiger partial charge in [0.05, 0.1) is 6.42 Å². The lowest BCUT2D eigenvalue weighted by molar-refractivity contribution is -0.137. The Morgan fingerprint density at radius 3 is 2.32 bits per heavy atom. The first-order valence-electron chi connectivity index (χ1n) is 6.56. The predicted molar refractivity (Wildman–Crippen MR) is 68.7 cm³/mol. The van der Waals surface area contributed by atoms with Crippen LogP contribution < -0.4 is 16.0 Å². The van der Waals surface area contributed by atoms with E-state index >= 15 is 0 Å². The summed E-state index contributed by atoms with van der Waals surface area (Å²) in [6, 6.07) is -0.363. The Labute approximate surface area is 112 Å². The maximum atomic E-state index is 12.1. The summed E-state index contributed by atoms with van der Waals surface area (Å²) in [4.78, 5) is 34.2. The molecule has 108 valence electrons. The number of nitrogens with one attached hydrogen (secondary N) is 3. The van der Waals surface area contributed by atoms with Gasteiger partial charge in [0, 0.05) is 13.1 Å². The summed E-state index contributed by atoms with van der Waals surface area (Å²) < 4.78 is 0. The van der Waals surface area contributed by atoms with Crippen molar-refractivity contribution in [3.8, 4) is 0 Å². The highest BCUT2D eigenvalue weighted by molar-refractivity contribution is 5.91. The number of carboxylic acid groups (broad SMARTS) is 1. The molecule has 0 bridgehead atoms. The second-order valence-electron chi connectivity index (χ2n) is 4.67.